The molecule has 0 saturated carbocycles. The van der Waals surface area contributed by atoms with Crippen LogP contribution in [0.5, 0.6) is 0 Å². The number of likely N-dealkylation sites (N-methyl/N-ethyl adjacent to an activating group) is 1. The van der Waals surface area contributed by atoms with Crippen LogP contribution in [0, 0.1) is 5.82 Å². The summed E-state index contributed by atoms with van der Waals surface area (Å²) in [7, 11) is 3.39. The van der Waals surface area contributed by atoms with Gasteiger partial charge in [0.1, 0.15) is 5.82 Å². The molecule has 1 amide bonds. The van der Waals surface area contributed by atoms with Gasteiger partial charge in [0.05, 0.1) is 6.20 Å². The summed E-state index contributed by atoms with van der Waals surface area (Å²) < 4.78 is 15.3. The van der Waals surface area contributed by atoms with Gasteiger partial charge in [-0.2, -0.15) is 5.10 Å². The van der Waals surface area contributed by atoms with Gasteiger partial charge in [0.15, 0.2) is 0 Å². The quantitative estimate of drug-likeness (QED) is 0.815. The number of aromatic nitrogens is 2. The largest absolute Gasteiger partial charge is 0.338 e. The molecule has 0 fully saturated rings. The van der Waals surface area contributed by atoms with Crippen molar-refractivity contribution < 1.29 is 9.18 Å². The van der Waals surface area contributed by atoms with Crippen LogP contribution in [0.4, 0.5) is 4.39 Å². The van der Waals surface area contributed by atoms with E-state index in [4.69, 9.17) is 11.6 Å². The van der Waals surface area contributed by atoms with E-state index in [0.29, 0.717) is 10.6 Å². The highest BCUT2D eigenvalue weighted by Crippen LogP contribution is 2.20. The Morgan fingerprint density at radius 1 is 1.52 bits per heavy atom. The van der Waals surface area contributed by atoms with Gasteiger partial charge in [-0.25, -0.2) is 4.39 Å². The van der Waals surface area contributed by atoms with Crippen LogP contribution in [0.15, 0.2) is 36.7 Å². The van der Waals surface area contributed by atoms with Crippen molar-refractivity contribution in [1.29, 1.82) is 0 Å². The van der Waals surface area contributed by atoms with Gasteiger partial charge in [-0.15, -0.1) is 0 Å². The normalized spacial score (nSPS) is 11.0. The second kappa shape index (κ2) is 6.54. The van der Waals surface area contributed by atoms with E-state index >= 15 is 0 Å². The molecule has 2 aromatic rings. The number of carbonyl (C=O) groups excluding carboxylic acids is 1. The van der Waals surface area contributed by atoms with Crippen molar-refractivity contribution in [3.8, 4) is 0 Å². The third kappa shape index (κ3) is 3.92. The Morgan fingerprint density at radius 3 is 2.90 bits per heavy atom. The third-order valence-electron chi connectivity index (χ3n) is 2.98. The topological polar surface area (TPSA) is 38.1 Å². The zero-order valence-electron chi connectivity index (χ0n) is 11.8. The van der Waals surface area contributed by atoms with E-state index in [9.17, 15) is 9.18 Å². The zero-order chi connectivity index (χ0) is 15.4. The number of rotatable bonds is 4. The maximum absolute atomic E-state index is 13.7. The van der Waals surface area contributed by atoms with Crippen LogP contribution in [-0.4, -0.2) is 27.6 Å². The molecular weight excluding hydrogens is 293 g/mol. The van der Waals surface area contributed by atoms with E-state index in [1.165, 1.54) is 23.1 Å². The predicted molar refractivity (Wildman–Crippen MR) is 80.1 cm³/mol. The molecule has 0 radical (unpaired) electrons. The summed E-state index contributed by atoms with van der Waals surface area (Å²) >= 11 is 5.95. The van der Waals surface area contributed by atoms with Crippen LogP contribution in [-0.2, 0) is 18.4 Å². The van der Waals surface area contributed by atoms with Gasteiger partial charge >= 0.3 is 0 Å². The van der Waals surface area contributed by atoms with Gasteiger partial charge < -0.3 is 4.90 Å². The maximum atomic E-state index is 13.7. The van der Waals surface area contributed by atoms with Crippen molar-refractivity contribution >= 4 is 23.6 Å². The Labute approximate surface area is 127 Å². The minimum atomic E-state index is -0.418. The lowest BCUT2D eigenvalue weighted by Gasteiger charge is -2.16. The van der Waals surface area contributed by atoms with Crippen LogP contribution in [0.3, 0.4) is 0 Å². The van der Waals surface area contributed by atoms with Gasteiger partial charge in [-0.3, -0.25) is 9.48 Å². The Bertz CT molecular complexity index is 661. The monoisotopic (exact) mass is 307 g/mol. The molecule has 0 aliphatic heterocycles. The van der Waals surface area contributed by atoms with Crippen LogP contribution < -0.4 is 0 Å². The first kappa shape index (κ1) is 15.3. The lowest BCUT2D eigenvalue weighted by atomic mass is 10.2. The molecule has 1 heterocycles. The smallest absolute Gasteiger partial charge is 0.246 e. The molecule has 0 spiro atoms. The molecule has 0 aliphatic carbocycles. The van der Waals surface area contributed by atoms with Crippen molar-refractivity contribution in [3.05, 3.63) is 58.6 Å². The summed E-state index contributed by atoms with van der Waals surface area (Å²) in [5, 5.41) is 4.31. The summed E-state index contributed by atoms with van der Waals surface area (Å²) in [5.41, 5.74) is 1.13. The first-order valence-electron chi connectivity index (χ1n) is 6.32. The Hall–Kier alpha value is -2.14. The molecule has 1 aromatic heterocycles. The van der Waals surface area contributed by atoms with Gasteiger partial charge in [0.25, 0.3) is 0 Å². The first-order chi connectivity index (χ1) is 9.97. The van der Waals surface area contributed by atoms with E-state index in [-0.39, 0.29) is 12.5 Å². The highest BCUT2D eigenvalue weighted by atomic mass is 35.5. The molecule has 2 rings (SSSR count). The molecule has 0 atom stereocenters. The number of halogens is 2. The first-order valence-corrected chi connectivity index (χ1v) is 6.70. The SMILES string of the molecule is CN(Cc1c(F)cccc1Cl)C(=O)C=Cc1cnn(C)c1. The number of benzene rings is 1. The molecule has 6 heteroatoms. The molecule has 0 bridgehead atoms. The molecule has 0 saturated heterocycles. The van der Waals surface area contributed by atoms with Crippen LogP contribution in [0.1, 0.15) is 11.1 Å². The zero-order valence-corrected chi connectivity index (χ0v) is 12.5. The minimum Gasteiger partial charge on any atom is -0.338 e. The number of hydrogen-bond acceptors (Lipinski definition) is 2. The van der Waals surface area contributed by atoms with Crippen molar-refractivity contribution in [2.45, 2.75) is 6.54 Å². The van der Waals surface area contributed by atoms with E-state index in [2.05, 4.69) is 5.10 Å². The summed E-state index contributed by atoms with van der Waals surface area (Å²) in [5.74, 6) is -0.656. The van der Waals surface area contributed by atoms with Crippen LogP contribution >= 0.6 is 11.6 Å². The number of nitrogens with zero attached hydrogens (tertiary/aromatic N) is 3. The fourth-order valence-electron chi connectivity index (χ4n) is 1.82. The number of hydrogen-bond donors (Lipinski definition) is 0. The molecule has 110 valence electrons. The van der Waals surface area contributed by atoms with E-state index in [1.807, 2.05) is 0 Å². The maximum Gasteiger partial charge on any atom is 0.246 e. The van der Waals surface area contributed by atoms with Crippen molar-refractivity contribution in [3.63, 3.8) is 0 Å². The van der Waals surface area contributed by atoms with Crippen molar-refractivity contribution in [1.82, 2.24) is 14.7 Å². The van der Waals surface area contributed by atoms with Gasteiger partial charge in [-0.1, -0.05) is 17.7 Å². The van der Waals surface area contributed by atoms with E-state index < -0.39 is 5.82 Å². The highest BCUT2D eigenvalue weighted by Gasteiger charge is 2.12. The molecule has 0 aliphatic rings. The summed E-state index contributed by atoms with van der Waals surface area (Å²) in [4.78, 5) is 13.4. The second-order valence-corrected chi connectivity index (χ2v) is 5.08. The van der Waals surface area contributed by atoms with Crippen LogP contribution in [0.2, 0.25) is 5.02 Å². The second-order valence-electron chi connectivity index (χ2n) is 4.68. The Kier molecular flexibility index (Phi) is 4.75. The van der Waals surface area contributed by atoms with Crippen LogP contribution in [0.25, 0.3) is 6.08 Å². The summed E-state index contributed by atoms with van der Waals surface area (Å²) in [6.45, 7) is 0.113. The highest BCUT2D eigenvalue weighted by molar-refractivity contribution is 6.31. The number of aryl methyl sites for hydroxylation is 1. The molecule has 4 nitrogen and oxygen atoms in total. The molecule has 1 aromatic carbocycles. The molecule has 0 unspecified atom stereocenters. The molecule has 21 heavy (non-hydrogen) atoms. The van der Waals surface area contributed by atoms with Gasteiger partial charge in [-0.05, 0) is 18.2 Å². The average molecular weight is 308 g/mol. The van der Waals surface area contributed by atoms with Crippen molar-refractivity contribution in [2.75, 3.05) is 7.05 Å². The van der Waals surface area contributed by atoms with Gasteiger partial charge in [0, 0.05) is 49.1 Å². The third-order valence-corrected chi connectivity index (χ3v) is 3.33. The van der Waals surface area contributed by atoms with E-state index in [1.54, 1.807) is 43.3 Å². The number of carbonyl (C=O) groups is 1. The lowest BCUT2D eigenvalue weighted by molar-refractivity contribution is -0.125. The molecule has 0 N–H and O–H groups in total. The Balaban J connectivity index is 2.04. The summed E-state index contributed by atoms with van der Waals surface area (Å²) in [6, 6.07) is 4.46. The minimum absolute atomic E-state index is 0.113. The fraction of sp³-hybridized carbons (Fsp3) is 0.200. The fourth-order valence-corrected chi connectivity index (χ4v) is 2.04. The average Bonchev–Trinajstić information content (AvgIpc) is 2.86. The van der Waals surface area contributed by atoms with E-state index in [0.717, 1.165) is 5.56 Å². The van der Waals surface area contributed by atoms with Crippen molar-refractivity contribution in [2.24, 2.45) is 7.05 Å². The number of amides is 1. The van der Waals surface area contributed by atoms with Gasteiger partial charge in [0.2, 0.25) is 5.91 Å². The predicted octanol–water partition coefficient (Wildman–Crippen LogP) is 2.88. The Morgan fingerprint density at radius 2 is 2.29 bits per heavy atom. The lowest BCUT2D eigenvalue weighted by Crippen LogP contribution is -2.24. The standard InChI is InChI=1S/C15H15ClFN3O/c1-19(10-12-13(16)4-3-5-14(12)17)15(21)7-6-11-8-18-20(2)9-11/h3-9H,10H2,1-2H3. The molecular formula is C15H15ClFN3O. The summed E-state index contributed by atoms with van der Waals surface area (Å²) in [6.07, 6.45) is 6.52.